The minimum Gasteiger partial charge on any atom is -0.316 e. The van der Waals surface area contributed by atoms with E-state index in [1.807, 2.05) is 0 Å². The van der Waals surface area contributed by atoms with Crippen LogP contribution in [0.15, 0.2) is 5.16 Å². The van der Waals surface area contributed by atoms with Gasteiger partial charge >= 0.3 is 0 Å². The molecule has 100 valence electrons. The Balaban J connectivity index is 1.82. The van der Waals surface area contributed by atoms with Gasteiger partial charge in [0.2, 0.25) is 0 Å². The molecule has 0 amide bonds. The fourth-order valence-electron chi connectivity index (χ4n) is 2.29. The van der Waals surface area contributed by atoms with E-state index in [0.717, 1.165) is 28.2 Å². The zero-order valence-electron chi connectivity index (χ0n) is 11.6. The maximum atomic E-state index is 4.55. The van der Waals surface area contributed by atoms with Crippen molar-refractivity contribution >= 4 is 11.8 Å². The Morgan fingerprint density at radius 3 is 2.56 bits per heavy atom. The highest BCUT2D eigenvalue weighted by molar-refractivity contribution is 7.99. The monoisotopic (exact) mass is 265 g/mol. The maximum Gasteiger partial charge on any atom is 0.187 e. The molecule has 4 heteroatoms. The van der Waals surface area contributed by atoms with Crippen molar-refractivity contribution in [2.24, 2.45) is 5.92 Å². The SMILES string of the molecule is Cc1nc(SCCC2CCCNC2)nc(C)c1C. The highest BCUT2D eigenvalue weighted by Gasteiger charge is 2.13. The number of nitrogens with zero attached hydrogens (tertiary/aromatic N) is 2. The Labute approximate surface area is 114 Å². The average molecular weight is 265 g/mol. The van der Waals surface area contributed by atoms with E-state index in [1.165, 1.54) is 37.9 Å². The number of hydrogen-bond donors (Lipinski definition) is 1. The van der Waals surface area contributed by atoms with Crippen LogP contribution in [0.25, 0.3) is 0 Å². The van der Waals surface area contributed by atoms with Gasteiger partial charge in [0.05, 0.1) is 0 Å². The summed E-state index contributed by atoms with van der Waals surface area (Å²) in [7, 11) is 0. The lowest BCUT2D eigenvalue weighted by Crippen LogP contribution is -2.29. The highest BCUT2D eigenvalue weighted by atomic mass is 32.2. The number of aryl methyl sites for hydroxylation is 2. The molecule has 1 aliphatic heterocycles. The zero-order valence-corrected chi connectivity index (χ0v) is 12.4. The number of aromatic nitrogens is 2. The fraction of sp³-hybridized carbons (Fsp3) is 0.714. The van der Waals surface area contributed by atoms with E-state index in [4.69, 9.17) is 0 Å². The third-order valence-corrected chi connectivity index (χ3v) is 4.65. The highest BCUT2D eigenvalue weighted by Crippen LogP contribution is 2.22. The van der Waals surface area contributed by atoms with Crippen LogP contribution in [0.5, 0.6) is 0 Å². The van der Waals surface area contributed by atoms with Crippen LogP contribution in [0.1, 0.15) is 36.2 Å². The molecule has 3 nitrogen and oxygen atoms in total. The largest absolute Gasteiger partial charge is 0.316 e. The lowest BCUT2D eigenvalue weighted by Gasteiger charge is -2.22. The van der Waals surface area contributed by atoms with Crippen molar-refractivity contribution in [3.63, 3.8) is 0 Å². The molecule has 1 saturated heterocycles. The lowest BCUT2D eigenvalue weighted by atomic mass is 9.97. The van der Waals surface area contributed by atoms with Gasteiger partial charge in [-0.3, -0.25) is 0 Å². The molecule has 1 aromatic rings. The first kappa shape index (κ1) is 13.8. The van der Waals surface area contributed by atoms with Gasteiger partial charge in [-0.15, -0.1) is 0 Å². The fourth-order valence-corrected chi connectivity index (χ4v) is 3.33. The van der Waals surface area contributed by atoms with Gasteiger partial charge < -0.3 is 5.32 Å². The first-order valence-electron chi connectivity index (χ1n) is 6.82. The molecule has 0 radical (unpaired) electrons. The number of piperidine rings is 1. The first-order chi connectivity index (χ1) is 8.66. The van der Waals surface area contributed by atoms with Crippen molar-refractivity contribution in [3.05, 3.63) is 17.0 Å². The predicted molar refractivity (Wildman–Crippen MR) is 77.2 cm³/mol. The van der Waals surface area contributed by atoms with E-state index in [9.17, 15) is 0 Å². The minimum atomic E-state index is 0.846. The Kier molecular flexibility index (Phi) is 5.01. The summed E-state index contributed by atoms with van der Waals surface area (Å²) in [5.74, 6) is 1.98. The maximum absolute atomic E-state index is 4.55. The molecule has 0 spiro atoms. The molecule has 0 aromatic carbocycles. The van der Waals surface area contributed by atoms with Gasteiger partial charge in [0, 0.05) is 17.1 Å². The van der Waals surface area contributed by atoms with Crippen LogP contribution in [-0.2, 0) is 0 Å². The summed E-state index contributed by atoms with van der Waals surface area (Å²) in [6, 6.07) is 0. The smallest absolute Gasteiger partial charge is 0.187 e. The summed E-state index contributed by atoms with van der Waals surface area (Å²) < 4.78 is 0. The molecule has 2 heterocycles. The second kappa shape index (κ2) is 6.53. The van der Waals surface area contributed by atoms with E-state index in [0.29, 0.717) is 0 Å². The van der Waals surface area contributed by atoms with Crippen molar-refractivity contribution < 1.29 is 0 Å². The molecule has 0 bridgehead atoms. The van der Waals surface area contributed by atoms with Gasteiger partial charge in [0.15, 0.2) is 5.16 Å². The molecule has 18 heavy (non-hydrogen) atoms. The van der Waals surface area contributed by atoms with Gasteiger partial charge in [-0.05, 0) is 64.6 Å². The Hall–Kier alpha value is -0.610. The summed E-state index contributed by atoms with van der Waals surface area (Å²) in [5.41, 5.74) is 3.45. The normalized spacial score (nSPS) is 20.1. The molecule has 1 aliphatic rings. The van der Waals surface area contributed by atoms with Gasteiger partial charge in [-0.1, -0.05) is 11.8 Å². The van der Waals surface area contributed by atoms with E-state index in [-0.39, 0.29) is 0 Å². The minimum absolute atomic E-state index is 0.846. The second-order valence-corrected chi connectivity index (χ2v) is 6.21. The summed E-state index contributed by atoms with van der Waals surface area (Å²) in [6.45, 7) is 8.61. The van der Waals surface area contributed by atoms with Crippen molar-refractivity contribution in [1.82, 2.24) is 15.3 Å². The molecule has 0 aliphatic carbocycles. The quantitative estimate of drug-likeness (QED) is 0.671. The van der Waals surface area contributed by atoms with Crippen LogP contribution >= 0.6 is 11.8 Å². The van der Waals surface area contributed by atoms with Crippen LogP contribution in [0.3, 0.4) is 0 Å². The van der Waals surface area contributed by atoms with Gasteiger partial charge in [0.25, 0.3) is 0 Å². The third-order valence-electron chi connectivity index (χ3n) is 3.77. The van der Waals surface area contributed by atoms with Crippen molar-refractivity contribution in [3.8, 4) is 0 Å². The van der Waals surface area contributed by atoms with Crippen LogP contribution in [0, 0.1) is 26.7 Å². The Morgan fingerprint density at radius 2 is 1.94 bits per heavy atom. The Bertz CT molecular complexity index is 377. The Morgan fingerprint density at radius 1 is 1.22 bits per heavy atom. The van der Waals surface area contributed by atoms with Gasteiger partial charge in [-0.2, -0.15) is 0 Å². The average Bonchev–Trinajstić information content (AvgIpc) is 2.37. The van der Waals surface area contributed by atoms with Crippen molar-refractivity contribution in [2.75, 3.05) is 18.8 Å². The summed E-state index contributed by atoms with van der Waals surface area (Å²) in [6.07, 6.45) is 3.97. The first-order valence-corrected chi connectivity index (χ1v) is 7.80. The molecule has 2 rings (SSSR count). The standard InChI is InChI=1S/C14H23N3S/c1-10-11(2)16-14(17-12(10)3)18-8-6-13-5-4-7-15-9-13/h13,15H,4-9H2,1-3H3. The zero-order chi connectivity index (χ0) is 13.0. The van der Waals surface area contributed by atoms with Crippen molar-refractivity contribution in [2.45, 2.75) is 45.2 Å². The molecule has 1 atom stereocenters. The molecule has 1 aromatic heterocycles. The lowest BCUT2D eigenvalue weighted by molar-refractivity contribution is 0.371. The van der Waals surface area contributed by atoms with Crippen LogP contribution in [0.4, 0.5) is 0 Å². The van der Waals surface area contributed by atoms with E-state index >= 15 is 0 Å². The molecule has 0 saturated carbocycles. The number of thioether (sulfide) groups is 1. The van der Waals surface area contributed by atoms with Crippen LogP contribution in [-0.4, -0.2) is 28.8 Å². The van der Waals surface area contributed by atoms with E-state index < -0.39 is 0 Å². The number of hydrogen-bond acceptors (Lipinski definition) is 4. The van der Waals surface area contributed by atoms with E-state index in [2.05, 4.69) is 36.1 Å². The topological polar surface area (TPSA) is 37.8 Å². The van der Waals surface area contributed by atoms with Crippen LogP contribution < -0.4 is 5.32 Å². The predicted octanol–water partition coefficient (Wildman–Crippen LogP) is 2.88. The summed E-state index contributed by atoms with van der Waals surface area (Å²) in [4.78, 5) is 9.10. The molecule has 1 N–H and O–H groups in total. The van der Waals surface area contributed by atoms with Crippen molar-refractivity contribution in [1.29, 1.82) is 0 Å². The van der Waals surface area contributed by atoms with Crippen LogP contribution in [0.2, 0.25) is 0 Å². The molecular formula is C14H23N3S. The van der Waals surface area contributed by atoms with Gasteiger partial charge in [0.1, 0.15) is 0 Å². The van der Waals surface area contributed by atoms with E-state index in [1.54, 1.807) is 11.8 Å². The molecular weight excluding hydrogens is 242 g/mol. The summed E-state index contributed by atoms with van der Waals surface area (Å²) >= 11 is 1.80. The molecule has 1 fully saturated rings. The van der Waals surface area contributed by atoms with Gasteiger partial charge in [-0.25, -0.2) is 9.97 Å². The number of nitrogens with one attached hydrogen (secondary N) is 1. The summed E-state index contributed by atoms with van der Waals surface area (Å²) in [5, 5.41) is 4.41. The second-order valence-electron chi connectivity index (χ2n) is 5.15. The third kappa shape index (κ3) is 3.69. The molecule has 1 unspecified atom stereocenters. The number of rotatable bonds is 4.